The van der Waals surface area contributed by atoms with Crippen LogP contribution >= 0.6 is 56.2 Å². The van der Waals surface area contributed by atoms with E-state index in [1.807, 2.05) is 0 Å². The summed E-state index contributed by atoms with van der Waals surface area (Å²) in [5.41, 5.74) is 0.446. The fourth-order valence-corrected chi connectivity index (χ4v) is 4.07. The molecule has 0 atom stereocenters. The van der Waals surface area contributed by atoms with Crippen molar-refractivity contribution in [3.63, 3.8) is 0 Å². The Morgan fingerprint density at radius 1 is 1.29 bits per heavy atom. The number of hydrogen-bond acceptors (Lipinski definition) is 4. The largest absolute Gasteiger partial charge is 0.347 e. The molecule has 21 heavy (non-hydrogen) atoms. The SMILES string of the molecule is O=C(NCc1ccc(S(=O)(=O)Cl)s1)c1ccc(I)c(Cl)c1. The van der Waals surface area contributed by atoms with Gasteiger partial charge in [0.05, 0.1) is 11.6 Å². The number of amides is 1. The van der Waals surface area contributed by atoms with E-state index in [0.717, 1.165) is 14.9 Å². The Kier molecular flexibility index (Phi) is 5.53. The summed E-state index contributed by atoms with van der Waals surface area (Å²) in [7, 11) is 1.52. The van der Waals surface area contributed by atoms with Crippen LogP contribution in [0.15, 0.2) is 34.5 Å². The van der Waals surface area contributed by atoms with Crippen molar-refractivity contribution in [2.75, 3.05) is 0 Å². The zero-order chi connectivity index (χ0) is 15.6. The maximum atomic E-state index is 12.0. The first kappa shape index (κ1) is 17.0. The Morgan fingerprint density at radius 3 is 2.57 bits per heavy atom. The second-order valence-corrected chi connectivity index (χ2v) is 9.50. The minimum atomic E-state index is -3.72. The van der Waals surface area contributed by atoms with Crippen LogP contribution in [0.4, 0.5) is 0 Å². The summed E-state index contributed by atoms with van der Waals surface area (Å²) in [6.45, 7) is 0.222. The third-order valence-electron chi connectivity index (χ3n) is 2.48. The molecule has 1 N–H and O–H groups in total. The third kappa shape index (κ3) is 4.56. The van der Waals surface area contributed by atoms with Crippen LogP contribution in [0, 0.1) is 3.57 Å². The van der Waals surface area contributed by atoms with E-state index < -0.39 is 9.05 Å². The van der Waals surface area contributed by atoms with Gasteiger partial charge in [-0.2, -0.15) is 0 Å². The normalized spacial score (nSPS) is 11.4. The highest BCUT2D eigenvalue weighted by molar-refractivity contribution is 14.1. The molecule has 1 amide bonds. The van der Waals surface area contributed by atoms with Crippen LogP contribution < -0.4 is 5.32 Å². The monoisotopic (exact) mass is 475 g/mol. The van der Waals surface area contributed by atoms with Crippen LogP contribution in [0.2, 0.25) is 5.02 Å². The lowest BCUT2D eigenvalue weighted by molar-refractivity contribution is 0.0951. The van der Waals surface area contributed by atoms with Gasteiger partial charge < -0.3 is 5.32 Å². The maximum Gasteiger partial charge on any atom is 0.270 e. The van der Waals surface area contributed by atoms with E-state index in [1.165, 1.54) is 6.07 Å². The highest BCUT2D eigenvalue weighted by Crippen LogP contribution is 2.25. The Bertz CT molecular complexity index is 790. The number of nitrogens with one attached hydrogen (secondary N) is 1. The van der Waals surface area contributed by atoms with Crippen molar-refractivity contribution in [3.8, 4) is 0 Å². The molecule has 0 radical (unpaired) electrons. The highest BCUT2D eigenvalue weighted by atomic mass is 127. The minimum absolute atomic E-state index is 0.0609. The van der Waals surface area contributed by atoms with Gasteiger partial charge in [-0.15, -0.1) is 11.3 Å². The summed E-state index contributed by atoms with van der Waals surface area (Å²) in [5, 5.41) is 3.21. The molecule has 0 aliphatic carbocycles. The van der Waals surface area contributed by atoms with Crippen molar-refractivity contribution in [2.45, 2.75) is 10.8 Å². The minimum Gasteiger partial charge on any atom is -0.347 e. The topological polar surface area (TPSA) is 63.2 Å². The van der Waals surface area contributed by atoms with Crippen LogP contribution in [-0.2, 0) is 15.6 Å². The number of carbonyl (C=O) groups is 1. The zero-order valence-corrected chi connectivity index (χ0v) is 15.6. The summed E-state index contributed by atoms with van der Waals surface area (Å²) in [4.78, 5) is 12.7. The van der Waals surface area contributed by atoms with Crippen LogP contribution in [-0.4, -0.2) is 14.3 Å². The Balaban J connectivity index is 2.04. The lowest BCUT2D eigenvalue weighted by atomic mass is 10.2. The number of halogens is 3. The molecule has 0 saturated carbocycles. The second-order valence-electron chi connectivity index (χ2n) is 3.97. The number of hydrogen-bond donors (Lipinski definition) is 1. The smallest absolute Gasteiger partial charge is 0.270 e. The fourth-order valence-electron chi connectivity index (χ4n) is 1.49. The molecule has 2 aromatic rings. The predicted octanol–water partition coefficient (Wildman–Crippen LogP) is 3.86. The molecule has 9 heteroatoms. The number of thiophene rings is 1. The molecular weight excluding hydrogens is 468 g/mol. The van der Waals surface area contributed by atoms with Crippen molar-refractivity contribution in [1.29, 1.82) is 0 Å². The standard InChI is InChI=1S/C12H8Cl2INO3S2/c13-9-5-7(1-3-10(9)15)12(17)16-6-8-2-4-11(20-8)21(14,18)19/h1-5H,6H2,(H,16,17). The van der Waals surface area contributed by atoms with E-state index in [4.69, 9.17) is 22.3 Å². The molecule has 0 saturated heterocycles. The van der Waals surface area contributed by atoms with Crippen LogP contribution in [0.3, 0.4) is 0 Å². The number of rotatable bonds is 4. The van der Waals surface area contributed by atoms with E-state index in [9.17, 15) is 13.2 Å². The van der Waals surface area contributed by atoms with Crippen molar-refractivity contribution >= 4 is 71.2 Å². The molecule has 0 unspecified atom stereocenters. The van der Waals surface area contributed by atoms with E-state index >= 15 is 0 Å². The summed E-state index contributed by atoms with van der Waals surface area (Å²) < 4.78 is 23.2. The molecule has 112 valence electrons. The van der Waals surface area contributed by atoms with Crippen LogP contribution in [0.5, 0.6) is 0 Å². The Hall–Kier alpha value is -0.350. The molecule has 1 aromatic carbocycles. The van der Waals surface area contributed by atoms with Crippen LogP contribution in [0.1, 0.15) is 15.2 Å². The van der Waals surface area contributed by atoms with Crippen molar-refractivity contribution in [1.82, 2.24) is 5.32 Å². The average molecular weight is 476 g/mol. The molecule has 2 rings (SSSR count). The number of carbonyl (C=O) groups excluding carboxylic acids is 1. The van der Waals surface area contributed by atoms with Gasteiger partial charge in [0.1, 0.15) is 4.21 Å². The first-order valence-corrected chi connectivity index (χ1v) is 10.1. The van der Waals surface area contributed by atoms with E-state index in [2.05, 4.69) is 27.9 Å². The summed E-state index contributed by atoms with van der Waals surface area (Å²) in [6, 6.07) is 8.03. The molecule has 0 spiro atoms. The van der Waals surface area contributed by atoms with Gasteiger partial charge in [-0.25, -0.2) is 8.42 Å². The summed E-state index contributed by atoms with van der Waals surface area (Å²) in [5.74, 6) is -0.281. The average Bonchev–Trinajstić information content (AvgIpc) is 2.88. The van der Waals surface area contributed by atoms with Gasteiger partial charge in [0.25, 0.3) is 15.0 Å². The molecule has 0 aliphatic heterocycles. The fraction of sp³-hybridized carbons (Fsp3) is 0.0833. The van der Waals surface area contributed by atoms with Crippen LogP contribution in [0.25, 0.3) is 0 Å². The first-order chi connectivity index (χ1) is 9.77. The van der Waals surface area contributed by atoms with Crippen molar-refractivity contribution < 1.29 is 13.2 Å². The Labute approximate surface area is 149 Å². The van der Waals surface area contributed by atoms with Gasteiger partial charge in [0, 0.05) is 24.7 Å². The van der Waals surface area contributed by atoms with E-state index in [0.29, 0.717) is 15.5 Å². The molecule has 0 aliphatic rings. The van der Waals surface area contributed by atoms with Gasteiger partial charge in [0.2, 0.25) is 0 Å². The van der Waals surface area contributed by atoms with Gasteiger partial charge in [0.15, 0.2) is 0 Å². The molecule has 0 fully saturated rings. The molecular formula is C12H8Cl2INO3S2. The van der Waals surface area contributed by atoms with Gasteiger partial charge in [-0.1, -0.05) is 11.6 Å². The zero-order valence-electron chi connectivity index (χ0n) is 10.3. The lowest BCUT2D eigenvalue weighted by Crippen LogP contribution is -2.22. The van der Waals surface area contributed by atoms with E-state index in [-0.39, 0.29) is 16.7 Å². The Morgan fingerprint density at radius 2 is 2.00 bits per heavy atom. The summed E-state index contributed by atoms with van der Waals surface area (Å²) in [6.07, 6.45) is 0. The third-order valence-corrected chi connectivity index (χ3v) is 7.23. The maximum absolute atomic E-state index is 12.0. The quantitative estimate of drug-likeness (QED) is 0.539. The first-order valence-electron chi connectivity index (χ1n) is 5.54. The number of benzene rings is 1. The molecule has 4 nitrogen and oxygen atoms in total. The van der Waals surface area contributed by atoms with Gasteiger partial charge in [-0.3, -0.25) is 4.79 Å². The highest BCUT2D eigenvalue weighted by Gasteiger charge is 2.14. The summed E-state index contributed by atoms with van der Waals surface area (Å²) >= 11 is 9.06. The van der Waals surface area contributed by atoms with Gasteiger partial charge >= 0.3 is 0 Å². The second kappa shape index (κ2) is 6.82. The van der Waals surface area contributed by atoms with Gasteiger partial charge in [-0.05, 0) is 52.9 Å². The van der Waals surface area contributed by atoms with Crippen molar-refractivity contribution in [3.05, 3.63) is 49.4 Å². The molecule has 0 bridgehead atoms. The molecule has 1 aromatic heterocycles. The lowest BCUT2D eigenvalue weighted by Gasteiger charge is -2.05. The van der Waals surface area contributed by atoms with Crippen molar-refractivity contribution in [2.24, 2.45) is 0 Å². The molecule has 1 heterocycles. The predicted molar refractivity (Wildman–Crippen MR) is 92.7 cm³/mol. The van der Waals surface area contributed by atoms with E-state index in [1.54, 1.807) is 24.3 Å².